The van der Waals surface area contributed by atoms with Crippen molar-refractivity contribution in [1.29, 1.82) is 0 Å². The van der Waals surface area contributed by atoms with Crippen LogP contribution in [0.2, 0.25) is 5.02 Å². The van der Waals surface area contributed by atoms with Crippen molar-refractivity contribution in [1.82, 2.24) is 10.2 Å². The number of hydrogen-bond donors (Lipinski definition) is 2. The van der Waals surface area contributed by atoms with Gasteiger partial charge in [-0.1, -0.05) is 42.6 Å². The van der Waals surface area contributed by atoms with Crippen molar-refractivity contribution < 1.29 is 9.59 Å². The summed E-state index contributed by atoms with van der Waals surface area (Å²) in [7, 11) is 0. The van der Waals surface area contributed by atoms with Crippen LogP contribution in [0.5, 0.6) is 0 Å². The molecule has 0 unspecified atom stereocenters. The van der Waals surface area contributed by atoms with E-state index >= 15 is 0 Å². The first-order valence-electron chi connectivity index (χ1n) is 7.66. The summed E-state index contributed by atoms with van der Waals surface area (Å²) in [4.78, 5) is 25.6. The molecule has 1 aromatic carbocycles. The van der Waals surface area contributed by atoms with E-state index in [2.05, 4.69) is 5.32 Å². The normalized spacial score (nSPS) is 16.7. The van der Waals surface area contributed by atoms with Crippen LogP contribution in [0.4, 0.5) is 4.79 Å². The van der Waals surface area contributed by atoms with Gasteiger partial charge in [-0.15, -0.1) is 0 Å². The van der Waals surface area contributed by atoms with Crippen LogP contribution in [0, 0.1) is 0 Å². The number of carbonyl (C=O) groups is 2. The van der Waals surface area contributed by atoms with Gasteiger partial charge < -0.3 is 16.0 Å². The molecule has 5 nitrogen and oxygen atoms in total. The molecule has 3 N–H and O–H groups in total. The lowest BCUT2D eigenvalue weighted by Gasteiger charge is -2.24. The highest BCUT2D eigenvalue weighted by Crippen LogP contribution is 2.26. The van der Waals surface area contributed by atoms with Gasteiger partial charge >= 0.3 is 6.03 Å². The van der Waals surface area contributed by atoms with Crippen molar-refractivity contribution >= 4 is 23.5 Å². The van der Waals surface area contributed by atoms with Gasteiger partial charge in [0.1, 0.15) is 0 Å². The van der Waals surface area contributed by atoms with Crippen molar-refractivity contribution in [2.45, 2.75) is 38.1 Å². The monoisotopic (exact) mass is 323 g/mol. The van der Waals surface area contributed by atoms with Crippen molar-refractivity contribution in [3.05, 3.63) is 34.9 Å². The van der Waals surface area contributed by atoms with Crippen molar-refractivity contribution in [2.75, 3.05) is 13.1 Å². The summed E-state index contributed by atoms with van der Waals surface area (Å²) in [5.74, 6) is 0.0283. The van der Waals surface area contributed by atoms with Gasteiger partial charge in [-0.05, 0) is 24.5 Å². The summed E-state index contributed by atoms with van der Waals surface area (Å²) in [6.45, 7) is 1.56. The standard InChI is InChI=1S/C16H22ClN3O2/c17-13-8-4-3-7-12(13)14(19-16(18)22)11-15(21)20-9-5-1-2-6-10-20/h3-4,7-8,14H,1-2,5-6,9-11H2,(H3,18,19,22)/t14-/m1/s1. The molecule has 1 aromatic rings. The van der Waals surface area contributed by atoms with Crippen molar-refractivity contribution in [3.8, 4) is 0 Å². The molecular weight excluding hydrogens is 302 g/mol. The van der Waals surface area contributed by atoms with Gasteiger partial charge in [0.15, 0.2) is 0 Å². The molecule has 1 aliphatic rings. The highest BCUT2D eigenvalue weighted by molar-refractivity contribution is 6.31. The van der Waals surface area contributed by atoms with Crippen LogP contribution in [-0.2, 0) is 4.79 Å². The molecule has 1 aliphatic heterocycles. The Hall–Kier alpha value is -1.75. The summed E-state index contributed by atoms with van der Waals surface area (Å²) in [6, 6.07) is 6.02. The number of carbonyl (C=O) groups excluding carboxylic acids is 2. The maximum Gasteiger partial charge on any atom is 0.312 e. The molecule has 0 aliphatic carbocycles. The summed E-state index contributed by atoms with van der Waals surface area (Å²) >= 11 is 6.18. The molecule has 3 amide bonds. The molecule has 6 heteroatoms. The van der Waals surface area contributed by atoms with E-state index < -0.39 is 12.1 Å². The molecule has 1 fully saturated rings. The Kier molecular flexibility index (Phi) is 6.07. The third-order valence-electron chi connectivity index (χ3n) is 3.93. The third-order valence-corrected chi connectivity index (χ3v) is 4.28. The second-order valence-corrected chi connectivity index (χ2v) is 5.99. The van der Waals surface area contributed by atoms with Gasteiger partial charge in [-0.2, -0.15) is 0 Å². The first-order chi connectivity index (χ1) is 10.6. The molecule has 0 radical (unpaired) electrons. The number of nitrogens with zero attached hydrogens (tertiary/aromatic N) is 1. The SMILES string of the molecule is NC(=O)N[C@H](CC(=O)N1CCCCCC1)c1ccccc1Cl. The molecule has 1 heterocycles. The molecule has 1 atom stereocenters. The van der Waals surface area contributed by atoms with E-state index in [-0.39, 0.29) is 12.3 Å². The van der Waals surface area contributed by atoms with Crippen LogP contribution < -0.4 is 11.1 Å². The molecule has 22 heavy (non-hydrogen) atoms. The van der Waals surface area contributed by atoms with Gasteiger partial charge in [-0.25, -0.2) is 4.79 Å². The lowest BCUT2D eigenvalue weighted by atomic mass is 10.0. The van der Waals surface area contributed by atoms with Gasteiger partial charge in [-0.3, -0.25) is 4.79 Å². The van der Waals surface area contributed by atoms with Crippen LogP contribution in [0.25, 0.3) is 0 Å². The van der Waals surface area contributed by atoms with Crippen LogP contribution in [0.1, 0.15) is 43.7 Å². The van der Waals surface area contributed by atoms with E-state index in [1.807, 2.05) is 17.0 Å². The number of nitrogens with one attached hydrogen (secondary N) is 1. The largest absolute Gasteiger partial charge is 0.352 e. The van der Waals surface area contributed by atoms with Gasteiger partial charge in [0.05, 0.1) is 12.5 Å². The number of primary amides is 1. The first kappa shape index (κ1) is 16.6. The molecular formula is C16H22ClN3O2. The lowest BCUT2D eigenvalue weighted by molar-refractivity contribution is -0.131. The smallest absolute Gasteiger partial charge is 0.312 e. The maximum atomic E-state index is 12.5. The zero-order valence-electron chi connectivity index (χ0n) is 12.6. The Morgan fingerprint density at radius 2 is 1.82 bits per heavy atom. The number of rotatable bonds is 4. The zero-order chi connectivity index (χ0) is 15.9. The number of benzene rings is 1. The van der Waals surface area contributed by atoms with E-state index in [0.29, 0.717) is 10.6 Å². The topological polar surface area (TPSA) is 75.4 Å². The molecule has 0 bridgehead atoms. The number of amides is 3. The summed E-state index contributed by atoms with van der Waals surface area (Å²) in [6.07, 6.45) is 4.57. The second-order valence-electron chi connectivity index (χ2n) is 5.58. The minimum atomic E-state index is -0.659. The minimum absolute atomic E-state index is 0.0283. The summed E-state index contributed by atoms with van der Waals surface area (Å²) in [5.41, 5.74) is 5.96. The van der Waals surface area contributed by atoms with E-state index in [1.165, 1.54) is 0 Å². The lowest BCUT2D eigenvalue weighted by Crippen LogP contribution is -2.38. The van der Waals surface area contributed by atoms with Crippen LogP contribution >= 0.6 is 11.6 Å². The molecule has 1 saturated heterocycles. The van der Waals surface area contributed by atoms with E-state index in [0.717, 1.165) is 38.8 Å². The minimum Gasteiger partial charge on any atom is -0.352 e. The molecule has 0 aromatic heterocycles. The van der Waals surface area contributed by atoms with E-state index in [1.54, 1.807) is 12.1 Å². The fourth-order valence-electron chi connectivity index (χ4n) is 2.79. The number of urea groups is 1. The zero-order valence-corrected chi connectivity index (χ0v) is 13.3. The van der Waals surface area contributed by atoms with Crippen molar-refractivity contribution in [2.24, 2.45) is 5.73 Å². The van der Waals surface area contributed by atoms with Crippen LogP contribution in [0.15, 0.2) is 24.3 Å². The number of hydrogen-bond acceptors (Lipinski definition) is 2. The Bertz CT molecular complexity index is 528. The van der Waals surface area contributed by atoms with Crippen LogP contribution in [-0.4, -0.2) is 29.9 Å². The number of nitrogens with two attached hydrogens (primary N) is 1. The predicted octanol–water partition coefficient (Wildman–Crippen LogP) is 2.84. The highest BCUT2D eigenvalue weighted by Gasteiger charge is 2.23. The summed E-state index contributed by atoms with van der Waals surface area (Å²) in [5, 5.41) is 3.15. The average molecular weight is 324 g/mol. The fourth-order valence-corrected chi connectivity index (χ4v) is 3.06. The molecule has 0 spiro atoms. The van der Waals surface area contributed by atoms with Crippen molar-refractivity contribution in [3.63, 3.8) is 0 Å². The van der Waals surface area contributed by atoms with E-state index in [4.69, 9.17) is 17.3 Å². The molecule has 120 valence electrons. The van der Waals surface area contributed by atoms with Crippen LogP contribution in [0.3, 0.4) is 0 Å². The fraction of sp³-hybridized carbons (Fsp3) is 0.500. The first-order valence-corrected chi connectivity index (χ1v) is 8.04. The Morgan fingerprint density at radius 1 is 1.18 bits per heavy atom. The van der Waals surface area contributed by atoms with E-state index in [9.17, 15) is 9.59 Å². The number of likely N-dealkylation sites (tertiary alicyclic amines) is 1. The average Bonchev–Trinajstić information content (AvgIpc) is 2.75. The van der Waals surface area contributed by atoms with Gasteiger partial charge in [0, 0.05) is 18.1 Å². The van der Waals surface area contributed by atoms with Gasteiger partial charge in [0.2, 0.25) is 5.91 Å². The third kappa shape index (κ3) is 4.63. The Balaban J connectivity index is 2.10. The number of halogens is 1. The highest BCUT2D eigenvalue weighted by atomic mass is 35.5. The quantitative estimate of drug-likeness (QED) is 0.894. The summed E-state index contributed by atoms with van der Waals surface area (Å²) < 4.78 is 0. The Morgan fingerprint density at radius 3 is 2.41 bits per heavy atom. The maximum absolute atomic E-state index is 12.5. The second kappa shape index (κ2) is 8.03. The molecule has 2 rings (SSSR count). The molecule has 0 saturated carbocycles. The Labute approximate surface area is 135 Å². The predicted molar refractivity (Wildman–Crippen MR) is 86.6 cm³/mol. The van der Waals surface area contributed by atoms with Gasteiger partial charge in [0.25, 0.3) is 0 Å².